The number of nitrogens with two attached hydrogens (primary N) is 1. The average Bonchev–Trinajstić information content (AvgIpc) is 3.03. The van der Waals surface area contributed by atoms with Gasteiger partial charge in [-0.05, 0) is 18.6 Å². The number of hydrogen-bond acceptors (Lipinski definition) is 6. The molecule has 0 unspecified atom stereocenters. The largest absolute Gasteiger partial charge is 0.416 e. The van der Waals surface area contributed by atoms with Gasteiger partial charge in [-0.1, -0.05) is 30.1 Å². The van der Waals surface area contributed by atoms with Crippen LogP contribution in [0.4, 0.5) is 13.2 Å². The molecule has 1 heterocycles. The number of alkyl halides is 3. The number of rotatable bonds is 4. The molecule has 12 heteroatoms. The molecule has 2 aromatic rings. The van der Waals surface area contributed by atoms with Gasteiger partial charge in [0.05, 0.1) is 27.5 Å². The van der Waals surface area contributed by atoms with Gasteiger partial charge in [-0.3, -0.25) is 0 Å². The summed E-state index contributed by atoms with van der Waals surface area (Å²) in [6.45, 7) is 1.76. The van der Waals surface area contributed by atoms with Gasteiger partial charge < -0.3 is 5.73 Å². The highest BCUT2D eigenvalue weighted by atomic mass is 35.5. The molecule has 0 radical (unpaired) electrons. The van der Waals surface area contributed by atoms with E-state index in [0.29, 0.717) is 12.1 Å². The number of halogens is 5. The second kappa shape index (κ2) is 8.30. The fourth-order valence-corrected chi connectivity index (χ4v) is 2.70. The van der Waals surface area contributed by atoms with Gasteiger partial charge in [0, 0.05) is 0 Å². The number of nitrogens with zero attached hydrogens (tertiary/aromatic N) is 6. The first-order chi connectivity index (χ1) is 13.1. The SMILES string of the molecule is CCc1nn(-c2c(Cl)cc(C(F)(F)F)cc2Cl)nc1C=N/C(C#N)=C(\N)C#N. The van der Waals surface area contributed by atoms with Crippen LogP contribution in [0.1, 0.15) is 23.9 Å². The summed E-state index contributed by atoms with van der Waals surface area (Å²) in [5.74, 6) is 0. The maximum absolute atomic E-state index is 12.9. The van der Waals surface area contributed by atoms with Gasteiger partial charge in [0.15, 0.2) is 5.70 Å². The Morgan fingerprint density at radius 1 is 1.25 bits per heavy atom. The van der Waals surface area contributed by atoms with Crippen LogP contribution in [0.3, 0.4) is 0 Å². The van der Waals surface area contributed by atoms with Crippen molar-refractivity contribution < 1.29 is 13.2 Å². The van der Waals surface area contributed by atoms with Gasteiger partial charge in [-0.2, -0.15) is 28.8 Å². The smallest absolute Gasteiger partial charge is 0.388 e. The highest BCUT2D eigenvalue weighted by Crippen LogP contribution is 2.37. The van der Waals surface area contributed by atoms with E-state index in [2.05, 4.69) is 15.2 Å². The highest BCUT2D eigenvalue weighted by molar-refractivity contribution is 6.37. The highest BCUT2D eigenvalue weighted by Gasteiger charge is 2.32. The third-order valence-corrected chi connectivity index (χ3v) is 3.97. The van der Waals surface area contributed by atoms with Crippen LogP contribution in [0, 0.1) is 22.7 Å². The summed E-state index contributed by atoms with van der Waals surface area (Å²) in [5, 5.41) is 25.3. The molecular formula is C16H10Cl2F3N7. The maximum Gasteiger partial charge on any atom is 0.416 e. The Balaban J connectivity index is 2.54. The minimum atomic E-state index is -4.61. The molecule has 0 aliphatic rings. The predicted molar refractivity (Wildman–Crippen MR) is 95.8 cm³/mol. The number of aliphatic imine (C=N–C) groups is 1. The van der Waals surface area contributed by atoms with Crippen LogP contribution in [0.15, 0.2) is 28.5 Å². The van der Waals surface area contributed by atoms with Crippen molar-refractivity contribution >= 4 is 29.4 Å². The normalized spacial score (nSPS) is 12.6. The van der Waals surface area contributed by atoms with E-state index in [1.807, 2.05) is 0 Å². The van der Waals surface area contributed by atoms with E-state index < -0.39 is 11.7 Å². The Morgan fingerprint density at radius 2 is 1.86 bits per heavy atom. The molecule has 2 N–H and O–H groups in total. The Bertz CT molecular complexity index is 1030. The van der Waals surface area contributed by atoms with Crippen LogP contribution in [0.2, 0.25) is 10.0 Å². The number of nitriles is 2. The van der Waals surface area contributed by atoms with Gasteiger partial charge >= 0.3 is 6.18 Å². The van der Waals surface area contributed by atoms with E-state index in [1.165, 1.54) is 0 Å². The molecular weight excluding hydrogens is 418 g/mol. The number of benzene rings is 1. The van der Waals surface area contributed by atoms with Crippen molar-refractivity contribution in [2.45, 2.75) is 19.5 Å². The fraction of sp³-hybridized carbons (Fsp3) is 0.188. The van der Waals surface area contributed by atoms with Gasteiger partial charge in [0.2, 0.25) is 0 Å². The molecule has 7 nitrogen and oxygen atoms in total. The zero-order valence-electron chi connectivity index (χ0n) is 14.1. The lowest BCUT2D eigenvalue weighted by atomic mass is 10.2. The predicted octanol–water partition coefficient (Wildman–Crippen LogP) is 3.79. The van der Waals surface area contributed by atoms with Crippen molar-refractivity contribution in [3.8, 4) is 17.8 Å². The van der Waals surface area contributed by atoms with Gasteiger partial charge in [0.25, 0.3) is 0 Å². The van der Waals surface area contributed by atoms with E-state index in [0.717, 1.165) is 23.1 Å². The molecule has 2 rings (SSSR count). The summed E-state index contributed by atoms with van der Waals surface area (Å²) in [4.78, 5) is 4.79. The number of aryl methyl sites for hydroxylation is 1. The lowest BCUT2D eigenvalue weighted by Gasteiger charge is -2.11. The Kier molecular flexibility index (Phi) is 6.29. The van der Waals surface area contributed by atoms with Gasteiger partial charge in [0.1, 0.15) is 29.2 Å². The van der Waals surface area contributed by atoms with Crippen molar-refractivity contribution in [2.75, 3.05) is 0 Å². The molecule has 1 aromatic heterocycles. The van der Waals surface area contributed by atoms with Crippen LogP contribution in [0.5, 0.6) is 0 Å². The first kappa shape index (κ1) is 21.2. The van der Waals surface area contributed by atoms with Crippen LogP contribution in [0.25, 0.3) is 5.69 Å². The molecule has 28 heavy (non-hydrogen) atoms. The molecule has 0 bridgehead atoms. The zero-order chi connectivity index (χ0) is 21.1. The van der Waals surface area contributed by atoms with Crippen LogP contribution in [-0.4, -0.2) is 21.2 Å². The van der Waals surface area contributed by atoms with E-state index >= 15 is 0 Å². The van der Waals surface area contributed by atoms with E-state index in [-0.39, 0.29) is 32.8 Å². The quantitative estimate of drug-likeness (QED) is 0.588. The third kappa shape index (κ3) is 4.42. The Hall–Kier alpha value is -3.08. The van der Waals surface area contributed by atoms with E-state index in [1.54, 1.807) is 19.1 Å². The third-order valence-electron chi connectivity index (χ3n) is 3.39. The monoisotopic (exact) mass is 427 g/mol. The molecule has 0 aliphatic carbocycles. The van der Waals surface area contributed by atoms with Crippen molar-refractivity contribution in [1.82, 2.24) is 15.0 Å². The summed E-state index contributed by atoms with van der Waals surface area (Å²) in [5.41, 5.74) is 4.23. The lowest BCUT2D eigenvalue weighted by molar-refractivity contribution is -0.137. The number of aromatic nitrogens is 3. The molecule has 0 saturated carbocycles. The second-order valence-corrected chi connectivity index (χ2v) is 6.02. The molecule has 0 fully saturated rings. The fourth-order valence-electron chi connectivity index (χ4n) is 2.06. The average molecular weight is 428 g/mol. The topological polar surface area (TPSA) is 117 Å². The van der Waals surface area contributed by atoms with Crippen molar-refractivity contribution in [2.24, 2.45) is 10.7 Å². The number of allylic oxidation sites excluding steroid dienone is 2. The lowest BCUT2D eigenvalue weighted by Crippen LogP contribution is -2.08. The minimum absolute atomic E-state index is 0.0433. The summed E-state index contributed by atoms with van der Waals surface area (Å²) < 4.78 is 38.6. The van der Waals surface area contributed by atoms with Crippen molar-refractivity contribution in [3.63, 3.8) is 0 Å². The standard InChI is InChI=1S/C16H10Cl2F3N7/c1-2-12-14(7-25-13(6-23)11(24)5-22)27-28(26-12)15-9(17)3-8(4-10(15)18)16(19,20)21/h3-4,7H,2,24H2,1H3/b13-11-,25-7?. The number of hydrogen-bond donors (Lipinski definition) is 1. The summed E-state index contributed by atoms with van der Waals surface area (Å²) >= 11 is 11.9. The Morgan fingerprint density at radius 3 is 2.32 bits per heavy atom. The Labute approximate surface area is 167 Å². The van der Waals surface area contributed by atoms with E-state index in [9.17, 15) is 13.2 Å². The first-order valence-electron chi connectivity index (χ1n) is 7.49. The molecule has 144 valence electrons. The molecule has 0 amide bonds. The van der Waals surface area contributed by atoms with Crippen LogP contribution < -0.4 is 5.73 Å². The zero-order valence-corrected chi connectivity index (χ0v) is 15.6. The second-order valence-electron chi connectivity index (χ2n) is 5.21. The molecule has 1 aromatic carbocycles. The van der Waals surface area contributed by atoms with Gasteiger partial charge in [-0.25, -0.2) is 4.99 Å². The van der Waals surface area contributed by atoms with Gasteiger partial charge in [-0.15, -0.1) is 9.90 Å². The maximum atomic E-state index is 12.9. The van der Waals surface area contributed by atoms with Crippen molar-refractivity contribution in [1.29, 1.82) is 10.5 Å². The van der Waals surface area contributed by atoms with E-state index in [4.69, 9.17) is 39.5 Å². The first-order valence-corrected chi connectivity index (χ1v) is 8.24. The van der Waals surface area contributed by atoms with Crippen molar-refractivity contribution in [3.05, 3.63) is 50.5 Å². The van der Waals surface area contributed by atoms with Crippen LogP contribution in [-0.2, 0) is 12.6 Å². The molecule has 0 aliphatic heterocycles. The molecule has 0 saturated heterocycles. The summed E-state index contributed by atoms with van der Waals surface area (Å²) in [6.07, 6.45) is -3.07. The molecule has 0 atom stereocenters. The van der Waals surface area contributed by atoms with Crippen LogP contribution >= 0.6 is 23.2 Å². The summed E-state index contributed by atoms with van der Waals surface area (Å²) in [7, 11) is 0. The molecule has 0 spiro atoms. The summed E-state index contributed by atoms with van der Waals surface area (Å²) in [6, 6.07) is 4.70. The minimum Gasteiger partial charge on any atom is -0.388 e.